The molecule has 9 heteroatoms. The van der Waals surface area contributed by atoms with E-state index in [1.165, 1.54) is 6.92 Å². The van der Waals surface area contributed by atoms with Crippen molar-refractivity contribution in [1.29, 1.82) is 0 Å². The number of carbonyl (C=O) groups is 2. The first-order chi connectivity index (χ1) is 13.7. The van der Waals surface area contributed by atoms with E-state index in [0.29, 0.717) is 0 Å². The second kappa shape index (κ2) is 10.6. The Balaban J connectivity index is 1.93. The van der Waals surface area contributed by atoms with Crippen LogP contribution >= 0.6 is 23.3 Å². The van der Waals surface area contributed by atoms with Crippen LogP contribution in [0.4, 0.5) is 4.79 Å². The number of carboxylic acids is 1. The molecule has 1 amide bonds. The fourth-order valence-electron chi connectivity index (χ4n) is 2.65. The van der Waals surface area contributed by atoms with Crippen molar-refractivity contribution in [3.05, 3.63) is 70.2 Å². The first kappa shape index (κ1) is 23.1. The Bertz CT molecular complexity index is 874. The zero-order chi connectivity index (χ0) is 21.4. The van der Waals surface area contributed by atoms with E-state index in [2.05, 4.69) is 21.2 Å². The van der Waals surface area contributed by atoms with Crippen molar-refractivity contribution < 1.29 is 28.9 Å². The van der Waals surface area contributed by atoms with Crippen LogP contribution in [0.15, 0.2) is 59.1 Å². The predicted octanol–water partition coefficient (Wildman–Crippen LogP) is 4.24. The first-order valence-corrected chi connectivity index (χ1v) is 11.6. The quantitative estimate of drug-likeness (QED) is 0.459. The minimum atomic E-state index is -3.99. The molecular weight excluding hydrogens is 461 g/mol. The van der Waals surface area contributed by atoms with Crippen molar-refractivity contribution in [3.8, 4) is 0 Å². The number of alkyl carbamates (subject to hydrolysis) is 1. The molecule has 0 aliphatic rings. The molecule has 29 heavy (non-hydrogen) atoms. The Kier molecular flexibility index (Phi) is 8.44. The van der Waals surface area contributed by atoms with Crippen molar-refractivity contribution in [3.63, 3.8) is 0 Å². The van der Waals surface area contributed by atoms with Gasteiger partial charge in [-0.3, -0.25) is 9.36 Å². The monoisotopic (exact) mass is 483 g/mol. The lowest BCUT2D eigenvalue weighted by Crippen LogP contribution is -2.35. The Morgan fingerprint density at radius 3 is 2.31 bits per heavy atom. The maximum Gasteiger partial charge on any atom is 0.408 e. The molecule has 3 atom stereocenters. The summed E-state index contributed by atoms with van der Waals surface area (Å²) in [5.74, 6) is -3.37. The number of ether oxygens (including phenoxy) is 1. The summed E-state index contributed by atoms with van der Waals surface area (Å²) in [5, 5.41) is 11.8. The number of rotatable bonds is 9. The molecule has 0 aliphatic heterocycles. The van der Waals surface area contributed by atoms with Crippen molar-refractivity contribution >= 4 is 35.4 Å². The molecule has 1 unspecified atom stereocenters. The van der Waals surface area contributed by atoms with Gasteiger partial charge in [0.05, 0.1) is 5.92 Å². The Morgan fingerprint density at radius 1 is 1.10 bits per heavy atom. The number of benzene rings is 2. The number of hydrogen-bond donors (Lipinski definition) is 3. The molecule has 156 valence electrons. The fraction of sp³-hybridized carbons (Fsp3) is 0.300. The van der Waals surface area contributed by atoms with Gasteiger partial charge in [-0.25, -0.2) is 4.79 Å². The highest BCUT2D eigenvalue weighted by molar-refractivity contribution is 9.10. The van der Waals surface area contributed by atoms with Crippen LogP contribution in [0.25, 0.3) is 0 Å². The maximum absolute atomic E-state index is 12.7. The van der Waals surface area contributed by atoms with Crippen LogP contribution in [-0.4, -0.2) is 34.0 Å². The summed E-state index contributed by atoms with van der Waals surface area (Å²) >= 11 is 3.31. The lowest BCUT2D eigenvalue weighted by atomic mass is 10.0. The van der Waals surface area contributed by atoms with Crippen LogP contribution in [0.3, 0.4) is 0 Å². The van der Waals surface area contributed by atoms with Gasteiger partial charge in [-0.1, -0.05) is 58.4 Å². The van der Waals surface area contributed by atoms with E-state index in [4.69, 9.17) is 4.74 Å². The summed E-state index contributed by atoms with van der Waals surface area (Å²) in [5.41, 5.74) is 1.52. The zero-order valence-corrected chi connectivity index (χ0v) is 18.3. The topological polar surface area (TPSA) is 113 Å². The van der Waals surface area contributed by atoms with E-state index in [-0.39, 0.29) is 13.0 Å². The van der Waals surface area contributed by atoms with Crippen LogP contribution in [-0.2, 0) is 27.1 Å². The normalized spacial score (nSPS) is 15.0. The molecule has 2 aromatic carbocycles. The van der Waals surface area contributed by atoms with Gasteiger partial charge < -0.3 is 20.1 Å². The van der Waals surface area contributed by atoms with Gasteiger partial charge >= 0.3 is 12.1 Å². The molecule has 3 N–H and O–H groups in total. The number of hydrogen-bond acceptors (Lipinski definition) is 4. The van der Waals surface area contributed by atoms with Crippen LogP contribution in [0.1, 0.15) is 18.1 Å². The second-order valence-corrected chi connectivity index (χ2v) is 10.3. The van der Waals surface area contributed by atoms with E-state index in [0.717, 1.165) is 15.6 Å². The molecule has 0 aliphatic carbocycles. The standard InChI is InChI=1S/C20H23BrNO6P/c1-14(22-20(25)28-12-16-5-3-2-4-6-16)29(26,27)13-17(19(23)24)11-15-7-9-18(21)10-8-15/h2-10,14,17H,11-13H2,1H3,(H,22,25)(H,23,24)(H,26,27)/t14-,17+/m1/s1. The average molecular weight is 484 g/mol. The molecule has 0 spiro atoms. The minimum absolute atomic E-state index is 0.0242. The number of amides is 1. The van der Waals surface area contributed by atoms with E-state index >= 15 is 0 Å². The Labute approximate surface area is 177 Å². The highest BCUT2D eigenvalue weighted by Gasteiger charge is 2.35. The van der Waals surface area contributed by atoms with Crippen LogP contribution in [0.2, 0.25) is 0 Å². The lowest BCUT2D eigenvalue weighted by molar-refractivity contribution is -0.141. The van der Waals surface area contributed by atoms with Gasteiger partial charge in [0, 0.05) is 10.6 Å². The van der Waals surface area contributed by atoms with E-state index in [1.54, 1.807) is 48.5 Å². The van der Waals surface area contributed by atoms with Gasteiger partial charge in [-0.15, -0.1) is 0 Å². The van der Waals surface area contributed by atoms with Gasteiger partial charge in [0.1, 0.15) is 12.4 Å². The molecule has 0 saturated carbocycles. The van der Waals surface area contributed by atoms with Crippen LogP contribution in [0.5, 0.6) is 0 Å². The lowest BCUT2D eigenvalue weighted by Gasteiger charge is -2.23. The fourth-order valence-corrected chi connectivity index (χ4v) is 4.45. The van der Waals surface area contributed by atoms with Gasteiger partial charge in [0.2, 0.25) is 7.37 Å². The number of carbonyl (C=O) groups excluding carboxylic acids is 1. The predicted molar refractivity (Wildman–Crippen MR) is 113 cm³/mol. The van der Waals surface area contributed by atoms with E-state index in [1.807, 2.05) is 6.07 Å². The summed E-state index contributed by atoms with van der Waals surface area (Å²) < 4.78 is 18.6. The van der Waals surface area contributed by atoms with Crippen molar-refractivity contribution in [1.82, 2.24) is 5.32 Å². The summed E-state index contributed by atoms with van der Waals surface area (Å²) in [7, 11) is -3.99. The van der Waals surface area contributed by atoms with Crippen LogP contribution < -0.4 is 5.32 Å². The molecule has 7 nitrogen and oxygen atoms in total. The molecule has 2 rings (SSSR count). The largest absolute Gasteiger partial charge is 0.481 e. The highest BCUT2D eigenvalue weighted by atomic mass is 79.9. The van der Waals surface area contributed by atoms with Crippen LogP contribution in [0, 0.1) is 5.92 Å². The molecule has 2 aromatic rings. The van der Waals surface area contributed by atoms with Gasteiger partial charge in [0.15, 0.2) is 0 Å². The maximum atomic E-state index is 12.7. The number of halogens is 1. The van der Waals surface area contributed by atoms with E-state index in [9.17, 15) is 24.2 Å². The number of carboxylic acid groups (broad SMARTS) is 1. The summed E-state index contributed by atoms with van der Waals surface area (Å²) in [6.45, 7) is 1.39. The molecular formula is C20H23BrNO6P. The highest BCUT2D eigenvalue weighted by Crippen LogP contribution is 2.47. The average Bonchev–Trinajstić information content (AvgIpc) is 2.68. The SMILES string of the molecule is C[C@H](NC(=O)OCc1ccccc1)P(=O)(O)C[C@H](Cc1ccc(Br)cc1)C(=O)O. The number of nitrogens with one attached hydrogen (secondary N) is 1. The Morgan fingerprint density at radius 2 is 1.72 bits per heavy atom. The van der Waals surface area contributed by atoms with Crippen molar-refractivity contribution in [2.45, 2.75) is 25.7 Å². The summed E-state index contributed by atoms with van der Waals surface area (Å²) in [6, 6.07) is 16.1. The third-order valence-corrected chi connectivity index (χ3v) is 7.20. The van der Waals surface area contributed by atoms with Crippen molar-refractivity contribution in [2.75, 3.05) is 6.16 Å². The Hall–Kier alpha value is -2.15. The minimum Gasteiger partial charge on any atom is -0.481 e. The van der Waals surface area contributed by atoms with E-state index < -0.39 is 37.3 Å². The molecule has 0 saturated heterocycles. The second-order valence-electron chi connectivity index (χ2n) is 6.69. The summed E-state index contributed by atoms with van der Waals surface area (Å²) in [6.07, 6.45) is -1.19. The molecule has 0 fully saturated rings. The first-order valence-electron chi connectivity index (χ1n) is 8.93. The van der Waals surface area contributed by atoms with Gasteiger partial charge in [-0.05, 0) is 36.6 Å². The van der Waals surface area contributed by atoms with Gasteiger partial charge in [0.25, 0.3) is 0 Å². The molecule has 0 heterocycles. The third-order valence-electron chi connectivity index (χ3n) is 4.37. The van der Waals surface area contributed by atoms with Gasteiger partial charge in [-0.2, -0.15) is 0 Å². The third kappa shape index (κ3) is 7.65. The zero-order valence-electron chi connectivity index (χ0n) is 15.8. The molecule has 0 bridgehead atoms. The summed E-state index contributed by atoms with van der Waals surface area (Å²) in [4.78, 5) is 33.9. The number of aliphatic carboxylic acids is 1. The smallest absolute Gasteiger partial charge is 0.408 e. The van der Waals surface area contributed by atoms with Crippen molar-refractivity contribution in [2.24, 2.45) is 5.92 Å². The molecule has 0 aromatic heterocycles. The molecule has 0 radical (unpaired) electrons.